The Bertz CT molecular complexity index is 683. The molecule has 1 radical (unpaired) electrons. The van der Waals surface area contributed by atoms with Crippen molar-refractivity contribution in [2.75, 3.05) is 6.61 Å². The minimum Gasteiger partial charge on any atom is -0.465 e. The summed E-state index contributed by atoms with van der Waals surface area (Å²) in [5.74, 6) is -3.53. The van der Waals surface area contributed by atoms with Gasteiger partial charge in [0.2, 0.25) is 6.29 Å². The van der Waals surface area contributed by atoms with Crippen LogP contribution in [0.1, 0.15) is 38.2 Å². The topological polar surface area (TPSA) is 121 Å². The predicted molar refractivity (Wildman–Crippen MR) is 86.6 cm³/mol. The third-order valence-corrected chi connectivity index (χ3v) is 3.56. The number of ether oxygens (including phenoxy) is 1. The molecule has 0 aromatic heterocycles. The number of hydrogen-bond donors (Lipinski definition) is 0. The molecule has 0 N–H and O–H groups in total. The number of rotatable bonds is 10. The standard InChI is InChI=1S/C17H18NO7/c1-11(15-5-3-4-6-16(15)18(23)24)10-25-17(22)8-14(21)7-13(9-19)12(2)20/h3-6,11,13H,7-8,10H2,1-2H3. The Morgan fingerprint density at radius 1 is 1.28 bits per heavy atom. The zero-order chi connectivity index (χ0) is 19.0. The number of nitrogens with zero attached hydrogens (tertiary/aromatic N) is 1. The minimum atomic E-state index is -1.17. The van der Waals surface area contributed by atoms with Crippen LogP contribution in [0.2, 0.25) is 0 Å². The maximum atomic E-state index is 11.7. The molecule has 8 heteroatoms. The van der Waals surface area contributed by atoms with Crippen LogP contribution < -0.4 is 0 Å². The van der Waals surface area contributed by atoms with Crippen molar-refractivity contribution in [2.45, 2.75) is 32.6 Å². The molecule has 0 saturated carbocycles. The normalized spacial score (nSPS) is 12.7. The molecule has 1 aromatic rings. The van der Waals surface area contributed by atoms with Gasteiger partial charge in [0.15, 0.2) is 0 Å². The van der Waals surface area contributed by atoms with Gasteiger partial charge in [0, 0.05) is 24.0 Å². The smallest absolute Gasteiger partial charge is 0.313 e. The lowest BCUT2D eigenvalue weighted by Crippen LogP contribution is -2.20. The lowest BCUT2D eigenvalue weighted by Gasteiger charge is -2.13. The van der Waals surface area contributed by atoms with Gasteiger partial charge >= 0.3 is 5.97 Å². The van der Waals surface area contributed by atoms with Crippen molar-refractivity contribution in [3.05, 3.63) is 39.9 Å². The van der Waals surface area contributed by atoms with Gasteiger partial charge in [-0.05, 0) is 6.92 Å². The first-order chi connectivity index (χ1) is 11.8. The second kappa shape index (κ2) is 9.41. The van der Waals surface area contributed by atoms with Crippen LogP contribution in [0.5, 0.6) is 0 Å². The molecule has 0 fully saturated rings. The lowest BCUT2D eigenvalue weighted by molar-refractivity contribution is -0.385. The Morgan fingerprint density at radius 3 is 2.48 bits per heavy atom. The highest BCUT2D eigenvalue weighted by atomic mass is 16.6. The minimum absolute atomic E-state index is 0.0760. The number of nitro groups is 1. The predicted octanol–water partition coefficient (Wildman–Crippen LogP) is 1.91. The molecule has 0 spiro atoms. The third kappa shape index (κ3) is 6.25. The van der Waals surface area contributed by atoms with Crippen LogP contribution in [-0.2, 0) is 23.9 Å². The molecule has 0 aliphatic heterocycles. The van der Waals surface area contributed by atoms with E-state index in [4.69, 9.17) is 4.74 Å². The van der Waals surface area contributed by atoms with Crippen molar-refractivity contribution in [2.24, 2.45) is 5.92 Å². The van der Waals surface area contributed by atoms with Gasteiger partial charge in [-0.1, -0.05) is 25.1 Å². The highest BCUT2D eigenvalue weighted by Crippen LogP contribution is 2.26. The first-order valence-electron chi connectivity index (χ1n) is 7.55. The van der Waals surface area contributed by atoms with Crippen LogP contribution in [-0.4, -0.2) is 35.4 Å². The van der Waals surface area contributed by atoms with Crippen LogP contribution in [0.3, 0.4) is 0 Å². The summed E-state index contributed by atoms with van der Waals surface area (Å²) in [6.45, 7) is 2.69. The van der Waals surface area contributed by atoms with Gasteiger partial charge in [0.05, 0.1) is 17.4 Å². The van der Waals surface area contributed by atoms with Crippen LogP contribution in [0.25, 0.3) is 0 Å². The number of carbonyl (C=O) groups excluding carboxylic acids is 4. The number of ketones is 2. The summed E-state index contributed by atoms with van der Waals surface area (Å²) in [5, 5.41) is 11.0. The van der Waals surface area contributed by atoms with Crippen LogP contribution in [0, 0.1) is 16.0 Å². The fourth-order valence-electron chi connectivity index (χ4n) is 2.16. The first-order valence-corrected chi connectivity index (χ1v) is 7.55. The van der Waals surface area contributed by atoms with Gasteiger partial charge in [-0.3, -0.25) is 29.3 Å². The van der Waals surface area contributed by atoms with Gasteiger partial charge in [0.25, 0.3) is 5.69 Å². The molecule has 1 rings (SSSR count). The number of nitro benzene ring substituents is 1. The Hall–Kier alpha value is -2.90. The molecule has 0 bridgehead atoms. The van der Waals surface area contributed by atoms with Crippen molar-refractivity contribution in [1.29, 1.82) is 0 Å². The number of Topliss-reactive ketones (excluding diaryl/α,β-unsaturated/α-hetero) is 2. The molecule has 0 heterocycles. The molecule has 25 heavy (non-hydrogen) atoms. The average Bonchev–Trinajstić information content (AvgIpc) is 2.57. The van der Waals surface area contributed by atoms with Crippen molar-refractivity contribution in [3.8, 4) is 0 Å². The first kappa shape index (κ1) is 20.1. The second-order valence-corrected chi connectivity index (χ2v) is 5.60. The van der Waals surface area contributed by atoms with E-state index >= 15 is 0 Å². The quantitative estimate of drug-likeness (QED) is 0.274. The van der Waals surface area contributed by atoms with E-state index in [9.17, 15) is 29.3 Å². The molecule has 8 nitrogen and oxygen atoms in total. The molecule has 2 unspecified atom stereocenters. The monoisotopic (exact) mass is 348 g/mol. The van der Waals surface area contributed by atoms with Crippen molar-refractivity contribution < 1.29 is 28.8 Å². The second-order valence-electron chi connectivity index (χ2n) is 5.60. The van der Waals surface area contributed by atoms with E-state index in [0.29, 0.717) is 5.56 Å². The molecule has 133 valence electrons. The van der Waals surface area contributed by atoms with Crippen molar-refractivity contribution in [1.82, 2.24) is 0 Å². The van der Waals surface area contributed by atoms with Gasteiger partial charge in [0.1, 0.15) is 18.0 Å². The maximum Gasteiger partial charge on any atom is 0.313 e. The highest BCUT2D eigenvalue weighted by Gasteiger charge is 2.22. The van der Waals surface area contributed by atoms with Gasteiger partial charge in [-0.2, -0.15) is 0 Å². The molecule has 0 aliphatic carbocycles. The number of esters is 1. The van der Waals surface area contributed by atoms with Gasteiger partial charge in [-0.25, -0.2) is 0 Å². The summed E-state index contributed by atoms with van der Waals surface area (Å²) >= 11 is 0. The fourth-order valence-corrected chi connectivity index (χ4v) is 2.16. The summed E-state index contributed by atoms with van der Waals surface area (Å²) in [6.07, 6.45) is 0.488. The average molecular weight is 348 g/mol. The number of carbonyl (C=O) groups is 3. The van der Waals surface area contributed by atoms with E-state index in [1.807, 2.05) is 0 Å². The molecule has 0 aliphatic rings. The van der Waals surface area contributed by atoms with Crippen LogP contribution >= 0.6 is 0 Å². The Morgan fingerprint density at radius 2 is 1.92 bits per heavy atom. The van der Waals surface area contributed by atoms with E-state index in [1.54, 1.807) is 19.1 Å². The van der Waals surface area contributed by atoms with Crippen molar-refractivity contribution >= 4 is 29.5 Å². The number of para-hydroxylation sites is 1. The largest absolute Gasteiger partial charge is 0.465 e. The summed E-state index contributed by atoms with van der Waals surface area (Å²) in [6, 6.07) is 6.10. The van der Waals surface area contributed by atoms with E-state index in [-0.39, 0.29) is 12.3 Å². The molecule has 0 amide bonds. The van der Waals surface area contributed by atoms with E-state index in [2.05, 4.69) is 0 Å². The SMILES string of the molecule is CC(=O)C([C]=O)CC(=O)CC(=O)OCC(C)c1ccccc1[N+](=O)[O-]. The van der Waals surface area contributed by atoms with E-state index < -0.39 is 47.1 Å². The number of benzene rings is 1. The zero-order valence-electron chi connectivity index (χ0n) is 13.9. The summed E-state index contributed by atoms with van der Waals surface area (Å²) in [4.78, 5) is 55.4. The zero-order valence-corrected chi connectivity index (χ0v) is 13.9. The van der Waals surface area contributed by atoms with Gasteiger partial charge < -0.3 is 4.74 Å². The number of hydrogen-bond acceptors (Lipinski definition) is 7. The van der Waals surface area contributed by atoms with E-state index in [0.717, 1.165) is 6.92 Å². The Labute approximate surface area is 144 Å². The highest BCUT2D eigenvalue weighted by molar-refractivity contribution is 6.01. The lowest BCUT2D eigenvalue weighted by atomic mass is 9.99. The third-order valence-electron chi connectivity index (χ3n) is 3.56. The van der Waals surface area contributed by atoms with E-state index in [1.165, 1.54) is 18.4 Å². The molecule has 1 aromatic carbocycles. The summed E-state index contributed by atoms with van der Waals surface area (Å²) in [7, 11) is 0. The maximum absolute atomic E-state index is 11.7. The summed E-state index contributed by atoms with van der Waals surface area (Å²) in [5.41, 5.74) is 0.340. The fraction of sp³-hybridized carbons (Fsp3) is 0.412. The Balaban J connectivity index is 2.56. The molecule has 2 atom stereocenters. The summed E-state index contributed by atoms with van der Waals surface area (Å²) < 4.78 is 4.97. The Kier molecular flexibility index (Phi) is 7.58. The molecular formula is C17H18NO7. The van der Waals surface area contributed by atoms with Crippen LogP contribution in [0.15, 0.2) is 24.3 Å². The van der Waals surface area contributed by atoms with Crippen molar-refractivity contribution in [3.63, 3.8) is 0 Å². The molecular weight excluding hydrogens is 330 g/mol. The molecule has 0 saturated heterocycles. The van der Waals surface area contributed by atoms with Gasteiger partial charge in [-0.15, -0.1) is 0 Å². The van der Waals surface area contributed by atoms with Crippen LogP contribution in [0.4, 0.5) is 5.69 Å².